The predicted octanol–water partition coefficient (Wildman–Crippen LogP) is 3.97. The number of carbonyl (C=O) groups is 2. The van der Waals surface area contributed by atoms with E-state index in [0.717, 1.165) is 0 Å². The van der Waals surface area contributed by atoms with E-state index in [1.54, 1.807) is 31.2 Å². The van der Waals surface area contributed by atoms with Crippen LogP contribution in [0.25, 0.3) is 21.8 Å². The summed E-state index contributed by atoms with van der Waals surface area (Å²) in [6.07, 6.45) is 0.532. The number of rotatable bonds is 10. The van der Waals surface area contributed by atoms with E-state index < -0.39 is 22.1 Å². The number of hydrogen-bond acceptors (Lipinski definition) is 6. The van der Waals surface area contributed by atoms with Crippen LogP contribution in [0.5, 0.6) is 5.75 Å². The van der Waals surface area contributed by atoms with E-state index in [-0.39, 0.29) is 23.5 Å². The number of aromatic carboxylic acids is 1. The number of carboxylic acid groups (broad SMARTS) is 1. The highest BCUT2D eigenvalue weighted by Gasteiger charge is 2.26. The van der Waals surface area contributed by atoms with Crippen LogP contribution < -0.4 is 9.30 Å². The molecule has 4 rings (SSSR count). The van der Waals surface area contributed by atoms with Gasteiger partial charge in [0.25, 0.3) is 10.1 Å². The summed E-state index contributed by atoms with van der Waals surface area (Å²) in [5, 5.41) is 10.7. The summed E-state index contributed by atoms with van der Waals surface area (Å²) in [5.41, 5.74) is 2.88. The fourth-order valence-corrected chi connectivity index (χ4v) is 5.13. The Morgan fingerprint density at radius 2 is 1.58 bits per heavy atom. The summed E-state index contributed by atoms with van der Waals surface area (Å²) in [6.45, 7) is 2.30. The molecule has 0 fully saturated rings. The van der Waals surface area contributed by atoms with Crippen molar-refractivity contribution in [3.63, 3.8) is 0 Å². The number of methoxy groups -OCH3 is 1. The summed E-state index contributed by atoms with van der Waals surface area (Å²) in [4.78, 5) is 25.4. The van der Waals surface area contributed by atoms with E-state index in [4.69, 9.17) is 9.47 Å². The van der Waals surface area contributed by atoms with Crippen molar-refractivity contribution in [3.05, 3.63) is 82.9 Å². The lowest BCUT2D eigenvalue weighted by Crippen LogP contribution is -2.37. The first-order valence-corrected chi connectivity index (χ1v) is 13.6. The molecule has 198 valence electrons. The van der Waals surface area contributed by atoms with Crippen LogP contribution in [-0.4, -0.2) is 49.5 Å². The molecule has 0 aliphatic carbocycles. The van der Waals surface area contributed by atoms with Gasteiger partial charge < -0.3 is 14.6 Å². The van der Waals surface area contributed by atoms with Gasteiger partial charge in [-0.15, -0.1) is 0 Å². The van der Waals surface area contributed by atoms with Gasteiger partial charge in [-0.1, -0.05) is 24.3 Å². The minimum atomic E-state index is -4.11. The lowest BCUT2D eigenvalue weighted by molar-refractivity contribution is -0.645. The van der Waals surface area contributed by atoms with Crippen molar-refractivity contribution in [2.24, 2.45) is 0 Å². The largest absolute Gasteiger partial charge is 0.478 e. The topological polar surface area (TPSA) is 131 Å². The van der Waals surface area contributed by atoms with Gasteiger partial charge in [-0.05, 0) is 48.7 Å². The molecule has 0 bridgehead atoms. The van der Waals surface area contributed by atoms with Crippen LogP contribution in [0.2, 0.25) is 0 Å². The van der Waals surface area contributed by atoms with Gasteiger partial charge in [-0.25, -0.2) is 9.59 Å². The standard InChI is InChI=1S/C28H27NO8S/c1-18-16-20(27(30)31)17-19(12-14-36-2)26(18)37-28(32)25-21-8-3-5-10-23(21)29(13-7-15-38(33,34)35)24-11-6-4-9-22(24)25/h3-6,8-11,16-17H,7,12-15H2,1-2H3,(H-,30,31,33,34,35)/p+1. The Morgan fingerprint density at radius 3 is 2.13 bits per heavy atom. The van der Waals surface area contributed by atoms with Crippen LogP contribution >= 0.6 is 0 Å². The molecule has 10 heteroatoms. The number of nitrogens with zero attached hydrogens (tertiary/aromatic N) is 1. The van der Waals surface area contributed by atoms with Crippen LogP contribution in [0.1, 0.15) is 38.3 Å². The van der Waals surface area contributed by atoms with Crippen LogP contribution in [0.3, 0.4) is 0 Å². The van der Waals surface area contributed by atoms with Gasteiger partial charge in [0.2, 0.25) is 11.0 Å². The Bertz CT molecular complexity index is 1590. The third-order valence-corrected chi connectivity index (χ3v) is 7.09. The number of benzene rings is 3. The van der Waals surface area contributed by atoms with Gasteiger partial charge in [-0.3, -0.25) is 4.55 Å². The molecule has 0 aliphatic rings. The summed E-state index contributed by atoms with van der Waals surface area (Å²) in [5.74, 6) is -1.78. The summed E-state index contributed by atoms with van der Waals surface area (Å²) < 4.78 is 44.8. The second-order valence-corrected chi connectivity index (χ2v) is 10.5. The third-order valence-electron chi connectivity index (χ3n) is 6.29. The smallest absolute Gasteiger partial charge is 0.345 e. The van der Waals surface area contributed by atoms with E-state index in [1.807, 2.05) is 28.8 Å². The highest BCUT2D eigenvalue weighted by Crippen LogP contribution is 2.31. The molecule has 0 amide bonds. The normalized spacial score (nSPS) is 11.7. The molecule has 1 heterocycles. The minimum Gasteiger partial charge on any atom is -0.478 e. The first-order chi connectivity index (χ1) is 18.1. The summed E-state index contributed by atoms with van der Waals surface area (Å²) >= 11 is 0. The lowest BCUT2D eigenvalue weighted by Gasteiger charge is -2.16. The first-order valence-electron chi connectivity index (χ1n) is 12.0. The molecular formula is C28H28NO8S+. The zero-order chi connectivity index (χ0) is 27.4. The number of carboxylic acids is 1. The van der Waals surface area contributed by atoms with Crippen LogP contribution in [0.15, 0.2) is 60.7 Å². The van der Waals surface area contributed by atoms with E-state index in [2.05, 4.69) is 0 Å². The highest BCUT2D eigenvalue weighted by molar-refractivity contribution is 7.85. The number of para-hydroxylation sites is 2. The fourth-order valence-electron chi connectivity index (χ4n) is 4.64. The molecular weight excluding hydrogens is 510 g/mol. The molecule has 4 aromatic rings. The van der Waals surface area contributed by atoms with E-state index in [9.17, 15) is 27.7 Å². The average molecular weight is 539 g/mol. The highest BCUT2D eigenvalue weighted by atomic mass is 32.2. The quantitative estimate of drug-likeness (QED) is 0.102. The van der Waals surface area contributed by atoms with Crippen LogP contribution in [0, 0.1) is 6.92 Å². The number of aromatic nitrogens is 1. The fraction of sp³-hybridized carbons (Fsp3) is 0.250. The molecule has 0 unspecified atom stereocenters. The number of carbonyl (C=O) groups excluding carboxylic acids is 1. The van der Waals surface area contributed by atoms with Gasteiger partial charge in [0, 0.05) is 25.7 Å². The van der Waals surface area contributed by atoms with Gasteiger partial charge in [0.1, 0.15) is 5.75 Å². The zero-order valence-electron chi connectivity index (χ0n) is 21.0. The maximum absolute atomic E-state index is 13.8. The van der Waals surface area contributed by atoms with Crippen molar-refractivity contribution in [1.82, 2.24) is 0 Å². The van der Waals surface area contributed by atoms with Gasteiger partial charge in [0.05, 0.1) is 34.3 Å². The molecule has 0 aliphatic heterocycles. The van der Waals surface area contributed by atoms with Crippen molar-refractivity contribution in [2.75, 3.05) is 19.5 Å². The Morgan fingerprint density at radius 1 is 0.974 bits per heavy atom. The number of aryl methyl sites for hydroxylation is 2. The van der Waals surface area contributed by atoms with Crippen LogP contribution in [0.4, 0.5) is 0 Å². The van der Waals surface area contributed by atoms with Crippen molar-refractivity contribution < 1.29 is 41.7 Å². The second-order valence-electron chi connectivity index (χ2n) is 8.92. The van der Waals surface area contributed by atoms with E-state index in [1.165, 1.54) is 19.2 Å². The Labute approximate surface area is 220 Å². The van der Waals surface area contributed by atoms with Gasteiger partial charge in [0.15, 0.2) is 6.54 Å². The average Bonchev–Trinajstić information content (AvgIpc) is 2.87. The predicted molar refractivity (Wildman–Crippen MR) is 141 cm³/mol. The molecule has 0 saturated carbocycles. The van der Waals surface area contributed by atoms with E-state index >= 15 is 0 Å². The number of ether oxygens (including phenoxy) is 2. The molecule has 9 nitrogen and oxygen atoms in total. The van der Waals surface area contributed by atoms with Crippen LogP contribution in [-0.2, 0) is 27.8 Å². The molecule has 0 atom stereocenters. The molecule has 1 aromatic heterocycles. The van der Waals surface area contributed by atoms with Gasteiger partial charge >= 0.3 is 11.9 Å². The van der Waals surface area contributed by atoms with Crippen molar-refractivity contribution in [1.29, 1.82) is 0 Å². The second kappa shape index (κ2) is 11.3. The lowest BCUT2D eigenvalue weighted by atomic mass is 10.0. The number of hydrogen-bond donors (Lipinski definition) is 2. The molecule has 3 aromatic carbocycles. The zero-order valence-corrected chi connectivity index (χ0v) is 21.8. The monoisotopic (exact) mass is 538 g/mol. The Hall–Kier alpha value is -3.86. The van der Waals surface area contributed by atoms with Gasteiger partial charge in [-0.2, -0.15) is 13.0 Å². The number of fused-ring (bicyclic) bond motifs is 2. The summed E-state index contributed by atoms with van der Waals surface area (Å²) in [6, 6.07) is 17.5. The Kier molecular flexibility index (Phi) is 8.05. The number of pyridine rings is 1. The van der Waals surface area contributed by atoms with Crippen molar-refractivity contribution in [3.8, 4) is 5.75 Å². The molecule has 2 N–H and O–H groups in total. The number of esters is 1. The minimum absolute atomic E-state index is 0.0925. The third kappa shape index (κ3) is 5.83. The summed E-state index contributed by atoms with van der Waals surface area (Å²) in [7, 11) is -2.58. The maximum atomic E-state index is 13.8. The van der Waals surface area contributed by atoms with Crippen molar-refractivity contribution in [2.45, 2.75) is 26.3 Å². The van der Waals surface area contributed by atoms with E-state index in [0.29, 0.717) is 58.1 Å². The first kappa shape index (κ1) is 27.2. The molecule has 0 saturated heterocycles. The maximum Gasteiger partial charge on any atom is 0.345 e. The molecule has 0 spiro atoms. The molecule has 38 heavy (non-hydrogen) atoms. The van der Waals surface area contributed by atoms with Crippen molar-refractivity contribution >= 4 is 43.9 Å². The molecule has 0 radical (unpaired) electrons. The SMILES string of the molecule is COCCc1cc(C(=O)O)cc(C)c1OC(=O)c1c2ccccc2[n+](CCCS(=O)(=O)O)c2ccccc12. The Balaban J connectivity index is 1.85.